The Morgan fingerprint density at radius 1 is 1.06 bits per heavy atom. The van der Waals surface area contributed by atoms with E-state index >= 15 is 0 Å². The van der Waals surface area contributed by atoms with Crippen molar-refractivity contribution in [3.8, 4) is 0 Å². The molecule has 0 N–H and O–H groups in total. The molecule has 0 heterocycles. The maximum absolute atomic E-state index is 6.30. The van der Waals surface area contributed by atoms with Gasteiger partial charge in [0.15, 0.2) is 0 Å². The van der Waals surface area contributed by atoms with E-state index in [2.05, 4.69) is 45.0 Å². The molecule has 102 valence electrons. The largest absolute Gasteiger partial charge is 0.126 e. The third kappa shape index (κ3) is 3.42. The first-order valence-corrected chi connectivity index (χ1v) is 7.88. The Morgan fingerprint density at radius 3 is 2.06 bits per heavy atom. The Kier molecular flexibility index (Phi) is 6.52. The highest BCUT2D eigenvalue weighted by molar-refractivity contribution is 6.22. The molecule has 0 atom stereocenters. The monoisotopic (exact) mass is 286 g/mol. The molecule has 1 aromatic rings. The Bertz CT molecular complexity index is 352. The zero-order valence-corrected chi connectivity index (χ0v) is 13.2. The van der Waals surface area contributed by atoms with E-state index in [9.17, 15) is 0 Å². The summed E-state index contributed by atoms with van der Waals surface area (Å²) in [6, 6.07) is 8.49. The fourth-order valence-corrected chi connectivity index (χ4v) is 3.49. The van der Waals surface area contributed by atoms with Crippen molar-refractivity contribution in [2.75, 3.05) is 11.8 Å². The summed E-state index contributed by atoms with van der Waals surface area (Å²) in [6.45, 7) is 6.65. The van der Waals surface area contributed by atoms with Crippen molar-refractivity contribution in [1.29, 1.82) is 0 Å². The molecule has 0 spiro atoms. The van der Waals surface area contributed by atoms with E-state index in [0.29, 0.717) is 17.7 Å². The second-order valence-corrected chi connectivity index (χ2v) is 5.78. The van der Waals surface area contributed by atoms with Crippen molar-refractivity contribution < 1.29 is 0 Å². The lowest BCUT2D eigenvalue weighted by Gasteiger charge is -2.35. The van der Waals surface area contributed by atoms with Crippen LogP contribution in [0.15, 0.2) is 24.3 Å². The number of halogens is 2. The maximum atomic E-state index is 6.30. The van der Waals surface area contributed by atoms with Crippen molar-refractivity contribution in [2.24, 2.45) is 5.92 Å². The summed E-state index contributed by atoms with van der Waals surface area (Å²) in [5.74, 6) is 1.89. The number of alkyl halides is 2. The fraction of sp³-hybridized carbons (Fsp3) is 0.625. The predicted octanol–water partition coefficient (Wildman–Crippen LogP) is 5.54. The molecule has 0 aliphatic heterocycles. The molecule has 2 heteroatoms. The summed E-state index contributed by atoms with van der Waals surface area (Å²) in [5.41, 5.74) is 2.54. The molecule has 0 unspecified atom stereocenters. The predicted molar refractivity (Wildman–Crippen MR) is 83.0 cm³/mol. The summed E-state index contributed by atoms with van der Waals surface area (Å²) < 4.78 is 0. The summed E-state index contributed by atoms with van der Waals surface area (Å²) in [7, 11) is 0. The molecule has 0 saturated heterocycles. The lowest BCUT2D eigenvalue weighted by molar-refractivity contribution is 0.348. The van der Waals surface area contributed by atoms with Crippen LogP contribution in [-0.4, -0.2) is 11.8 Å². The van der Waals surface area contributed by atoms with Crippen LogP contribution >= 0.6 is 23.2 Å². The molecule has 0 aliphatic carbocycles. The Morgan fingerprint density at radius 2 is 1.61 bits per heavy atom. The Labute approximate surface area is 122 Å². The van der Waals surface area contributed by atoms with Crippen LogP contribution in [0, 0.1) is 12.8 Å². The van der Waals surface area contributed by atoms with Gasteiger partial charge < -0.3 is 0 Å². The van der Waals surface area contributed by atoms with Crippen LogP contribution in [0.5, 0.6) is 0 Å². The van der Waals surface area contributed by atoms with E-state index in [0.717, 1.165) is 6.42 Å². The normalized spacial score (nSPS) is 12.1. The van der Waals surface area contributed by atoms with Crippen LogP contribution in [-0.2, 0) is 5.41 Å². The molecule has 1 aromatic carbocycles. The van der Waals surface area contributed by atoms with E-state index < -0.39 is 0 Å². The van der Waals surface area contributed by atoms with Gasteiger partial charge in [0.25, 0.3) is 0 Å². The highest BCUT2D eigenvalue weighted by Crippen LogP contribution is 2.37. The van der Waals surface area contributed by atoms with Crippen molar-refractivity contribution in [3.63, 3.8) is 0 Å². The molecule has 0 radical (unpaired) electrons. The molecule has 0 fully saturated rings. The quantitative estimate of drug-likeness (QED) is 0.578. The van der Waals surface area contributed by atoms with Gasteiger partial charge >= 0.3 is 0 Å². The molecule has 0 aromatic heterocycles. The maximum Gasteiger partial charge on any atom is 0.0332 e. The number of rotatable bonds is 7. The standard InChI is InChI=1S/C16H24Cl2/c1-4-14(5-2)10-16(11-17,12-18)15-9-7-6-8-13(15)3/h6-9,14H,4-5,10-12H2,1-3H3. The van der Waals surface area contributed by atoms with Crippen molar-refractivity contribution in [3.05, 3.63) is 35.4 Å². The second kappa shape index (κ2) is 7.40. The highest BCUT2D eigenvalue weighted by Gasteiger charge is 2.33. The molecular weight excluding hydrogens is 263 g/mol. The van der Waals surface area contributed by atoms with E-state index in [1.807, 2.05) is 0 Å². The Hall–Kier alpha value is -0.200. The number of aryl methyl sites for hydroxylation is 1. The van der Waals surface area contributed by atoms with Gasteiger partial charge in [-0.3, -0.25) is 0 Å². The van der Waals surface area contributed by atoms with Crippen molar-refractivity contribution in [1.82, 2.24) is 0 Å². The van der Waals surface area contributed by atoms with Crippen molar-refractivity contribution in [2.45, 2.75) is 45.4 Å². The molecule has 0 aliphatic rings. The minimum Gasteiger partial charge on any atom is -0.126 e. The van der Waals surface area contributed by atoms with Gasteiger partial charge in [0.1, 0.15) is 0 Å². The van der Waals surface area contributed by atoms with Crippen LogP contribution in [0.25, 0.3) is 0 Å². The van der Waals surface area contributed by atoms with E-state index in [1.54, 1.807) is 0 Å². The zero-order chi connectivity index (χ0) is 13.6. The average molecular weight is 287 g/mol. The Balaban J connectivity index is 3.10. The number of benzene rings is 1. The molecule has 0 amide bonds. The van der Waals surface area contributed by atoms with Crippen LogP contribution in [0.4, 0.5) is 0 Å². The van der Waals surface area contributed by atoms with Gasteiger partial charge in [-0.15, -0.1) is 23.2 Å². The fourth-order valence-electron chi connectivity index (χ4n) is 2.70. The van der Waals surface area contributed by atoms with Gasteiger partial charge in [-0.2, -0.15) is 0 Å². The molecule has 0 saturated carbocycles. The van der Waals surface area contributed by atoms with E-state index in [-0.39, 0.29) is 5.41 Å². The average Bonchev–Trinajstić information content (AvgIpc) is 2.42. The second-order valence-electron chi connectivity index (χ2n) is 5.25. The lowest BCUT2D eigenvalue weighted by Crippen LogP contribution is -2.34. The molecular formula is C16H24Cl2. The highest BCUT2D eigenvalue weighted by atomic mass is 35.5. The summed E-state index contributed by atoms with van der Waals surface area (Å²) in [5, 5.41) is 0. The van der Waals surface area contributed by atoms with Crippen molar-refractivity contribution >= 4 is 23.2 Å². The lowest BCUT2D eigenvalue weighted by atomic mass is 9.74. The van der Waals surface area contributed by atoms with E-state index in [4.69, 9.17) is 23.2 Å². The summed E-state index contributed by atoms with van der Waals surface area (Å²) in [4.78, 5) is 0. The third-order valence-electron chi connectivity index (χ3n) is 4.06. The topological polar surface area (TPSA) is 0 Å². The van der Waals surface area contributed by atoms with Gasteiger partial charge in [-0.1, -0.05) is 51.0 Å². The minimum absolute atomic E-state index is 0.0782. The number of hydrogen-bond donors (Lipinski definition) is 0. The van der Waals surface area contributed by atoms with Crippen LogP contribution < -0.4 is 0 Å². The first-order chi connectivity index (χ1) is 8.63. The summed E-state index contributed by atoms with van der Waals surface area (Å²) in [6.07, 6.45) is 3.47. The SMILES string of the molecule is CCC(CC)CC(CCl)(CCl)c1ccccc1C. The van der Waals surface area contributed by atoms with Crippen LogP contribution in [0.1, 0.15) is 44.2 Å². The van der Waals surface area contributed by atoms with Gasteiger partial charge in [0, 0.05) is 17.2 Å². The molecule has 1 rings (SSSR count). The third-order valence-corrected chi connectivity index (χ3v) is 5.09. The van der Waals surface area contributed by atoms with Crippen LogP contribution in [0.3, 0.4) is 0 Å². The zero-order valence-electron chi connectivity index (χ0n) is 11.7. The minimum atomic E-state index is -0.0782. The molecule has 0 nitrogen and oxygen atoms in total. The first-order valence-electron chi connectivity index (χ1n) is 6.81. The molecule has 0 bridgehead atoms. The first kappa shape index (κ1) is 15.9. The number of hydrogen-bond acceptors (Lipinski definition) is 0. The summed E-state index contributed by atoms with van der Waals surface area (Å²) >= 11 is 12.6. The smallest absolute Gasteiger partial charge is 0.0332 e. The van der Waals surface area contributed by atoms with Gasteiger partial charge in [-0.05, 0) is 30.4 Å². The van der Waals surface area contributed by atoms with Gasteiger partial charge in [0.2, 0.25) is 0 Å². The van der Waals surface area contributed by atoms with Crippen LogP contribution in [0.2, 0.25) is 0 Å². The van der Waals surface area contributed by atoms with E-state index in [1.165, 1.54) is 24.0 Å². The van der Waals surface area contributed by atoms with Gasteiger partial charge in [0.05, 0.1) is 0 Å². The van der Waals surface area contributed by atoms with Gasteiger partial charge in [-0.25, -0.2) is 0 Å². The molecule has 18 heavy (non-hydrogen) atoms.